The summed E-state index contributed by atoms with van der Waals surface area (Å²) in [6, 6.07) is 0. The highest BCUT2D eigenvalue weighted by atomic mass is 19.4. The SMILES string of the molecule is CCC(C)(C)C(=O)OC1CC(C(OCOC)(C(F)(F)F)C(F)(F)F)CC(C(OCOC)(C(F)(F)F)C(F)(F)F)C1.CCC(C)(C)C(=O)OC1CCCCC1C(O)(C(F)(F)F)C(F)(F)F. The first-order valence-electron chi connectivity index (χ1n) is 19.4. The molecule has 380 valence electrons. The first kappa shape index (κ1) is 59.5. The third-order valence-electron chi connectivity index (χ3n) is 11.8. The minimum atomic E-state index is -6.42. The summed E-state index contributed by atoms with van der Waals surface area (Å²) in [6.45, 7) is 5.22. The normalized spacial score (nSPS) is 23.0. The highest BCUT2D eigenvalue weighted by molar-refractivity contribution is 5.76. The molecule has 0 aliphatic heterocycles. The zero-order chi connectivity index (χ0) is 50.6. The Morgan fingerprint density at radius 1 is 0.516 bits per heavy atom. The molecule has 4 atom stereocenters. The van der Waals surface area contributed by atoms with Crippen molar-refractivity contribution in [1.82, 2.24) is 0 Å². The Bertz CT molecular complexity index is 1410. The average Bonchev–Trinajstić information content (AvgIpc) is 3.12. The molecule has 2 aliphatic rings. The van der Waals surface area contributed by atoms with Crippen molar-refractivity contribution < 1.29 is 122 Å². The van der Waals surface area contributed by atoms with Gasteiger partial charge in [0.15, 0.2) is 0 Å². The summed E-state index contributed by atoms with van der Waals surface area (Å²) in [7, 11) is 1.30. The molecule has 9 nitrogen and oxygen atoms in total. The maximum Gasteiger partial charge on any atom is 0.426 e. The topological polar surface area (TPSA) is 110 Å². The Labute approximate surface area is 356 Å². The van der Waals surface area contributed by atoms with Gasteiger partial charge >= 0.3 is 49.0 Å². The van der Waals surface area contributed by atoms with Gasteiger partial charge in [0.05, 0.1) is 10.8 Å². The molecule has 0 saturated heterocycles. The van der Waals surface area contributed by atoms with Crippen LogP contribution in [0, 0.1) is 28.6 Å². The predicted octanol–water partition coefficient (Wildman–Crippen LogP) is 11.1. The minimum Gasteiger partial charge on any atom is -0.462 e. The summed E-state index contributed by atoms with van der Waals surface area (Å²) in [4.78, 5) is 24.7. The number of halogens is 18. The van der Waals surface area contributed by atoms with E-state index < -0.39 is 146 Å². The van der Waals surface area contributed by atoms with Gasteiger partial charge in [0, 0.05) is 32.0 Å². The highest BCUT2D eigenvalue weighted by Gasteiger charge is 2.81. The lowest BCUT2D eigenvalue weighted by atomic mass is 9.65. The van der Waals surface area contributed by atoms with Crippen LogP contribution < -0.4 is 0 Å². The Hall–Kier alpha value is -2.52. The van der Waals surface area contributed by atoms with Crippen LogP contribution in [0.1, 0.15) is 99.3 Å². The number of esters is 2. The number of hydrogen-bond donors (Lipinski definition) is 1. The molecule has 0 spiro atoms. The molecule has 0 bridgehead atoms. The molecule has 2 saturated carbocycles. The van der Waals surface area contributed by atoms with Crippen LogP contribution in [0.15, 0.2) is 0 Å². The fraction of sp³-hybridized carbons (Fsp3) is 0.946. The van der Waals surface area contributed by atoms with Gasteiger partial charge in [0.2, 0.25) is 0 Å². The van der Waals surface area contributed by atoms with E-state index in [4.69, 9.17) is 9.47 Å². The van der Waals surface area contributed by atoms with Crippen LogP contribution in [0.2, 0.25) is 0 Å². The van der Waals surface area contributed by atoms with E-state index in [1.807, 2.05) is 0 Å². The first-order chi connectivity index (χ1) is 28.6. The fourth-order valence-electron chi connectivity index (χ4n) is 7.33. The molecule has 0 radical (unpaired) electrons. The molecular formula is C37H52F18O9. The molecule has 0 amide bonds. The molecular weight excluding hydrogens is 930 g/mol. The summed E-state index contributed by atoms with van der Waals surface area (Å²) in [6.07, 6.45) is -46.2. The van der Waals surface area contributed by atoms with Crippen LogP contribution in [0.3, 0.4) is 0 Å². The van der Waals surface area contributed by atoms with Crippen LogP contribution in [0.25, 0.3) is 0 Å². The largest absolute Gasteiger partial charge is 0.462 e. The van der Waals surface area contributed by atoms with Crippen molar-refractivity contribution >= 4 is 11.9 Å². The van der Waals surface area contributed by atoms with Gasteiger partial charge in [0.1, 0.15) is 25.8 Å². The molecule has 4 unspecified atom stereocenters. The molecule has 27 heteroatoms. The molecule has 0 aromatic heterocycles. The van der Waals surface area contributed by atoms with Gasteiger partial charge in [-0.3, -0.25) is 9.59 Å². The second kappa shape index (κ2) is 20.8. The smallest absolute Gasteiger partial charge is 0.426 e. The molecule has 0 heterocycles. The Balaban J connectivity index is 0.000000725. The lowest BCUT2D eigenvalue weighted by Gasteiger charge is -2.51. The standard InChI is InChI=1S/C22H30F12O6.C15H22F6O3/c1-6-16(2,3)15(35)40-14-8-12(17(19(23,24)25,20(26,27)28)38-10-36-4)7-13(9-14)18(21(29,30)31,22(32,33)34)39-11-37-5;1-4-12(2,3)11(22)24-10-8-6-5-7-9(10)13(23,14(16,17)18)15(19,20)21/h12-14H,6-11H2,1-5H3;9-10,23H,4-8H2,1-3H3. The lowest BCUT2D eigenvalue weighted by Crippen LogP contribution is -2.69. The van der Waals surface area contributed by atoms with Crippen LogP contribution >= 0.6 is 0 Å². The molecule has 0 aromatic rings. The fourth-order valence-corrected chi connectivity index (χ4v) is 7.33. The van der Waals surface area contributed by atoms with Gasteiger partial charge in [-0.25, -0.2) is 0 Å². The average molecular weight is 983 g/mol. The van der Waals surface area contributed by atoms with E-state index in [2.05, 4.69) is 18.9 Å². The van der Waals surface area contributed by atoms with Crippen LogP contribution in [-0.4, -0.2) is 111 Å². The van der Waals surface area contributed by atoms with E-state index in [9.17, 15) is 93.7 Å². The Morgan fingerprint density at radius 3 is 1.14 bits per heavy atom. The van der Waals surface area contributed by atoms with E-state index in [-0.39, 0.29) is 19.3 Å². The maximum atomic E-state index is 14.2. The van der Waals surface area contributed by atoms with Crippen molar-refractivity contribution in [2.45, 2.75) is 165 Å². The minimum absolute atomic E-state index is 0.00336. The maximum absolute atomic E-state index is 14.2. The lowest BCUT2D eigenvalue weighted by molar-refractivity contribution is -0.427. The number of hydrogen-bond acceptors (Lipinski definition) is 9. The molecule has 2 aliphatic carbocycles. The predicted molar refractivity (Wildman–Crippen MR) is 183 cm³/mol. The molecule has 0 aromatic carbocycles. The number of carbonyl (C=O) groups excluding carboxylic acids is 2. The molecule has 1 N–H and O–H groups in total. The van der Waals surface area contributed by atoms with E-state index in [0.29, 0.717) is 27.1 Å². The van der Waals surface area contributed by atoms with Crippen LogP contribution in [0.5, 0.6) is 0 Å². The summed E-state index contributed by atoms with van der Waals surface area (Å²) >= 11 is 0. The van der Waals surface area contributed by atoms with E-state index in [0.717, 1.165) is 0 Å². The summed E-state index contributed by atoms with van der Waals surface area (Å²) in [5.41, 5.74) is -18.0. The first-order valence-corrected chi connectivity index (χ1v) is 19.4. The van der Waals surface area contributed by atoms with Crippen molar-refractivity contribution in [3.05, 3.63) is 0 Å². The van der Waals surface area contributed by atoms with Gasteiger partial charge in [-0.15, -0.1) is 0 Å². The van der Waals surface area contributed by atoms with Gasteiger partial charge < -0.3 is 33.5 Å². The zero-order valence-corrected chi connectivity index (χ0v) is 35.7. The Kier molecular flexibility index (Phi) is 19.3. The third kappa shape index (κ3) is 12.3. The van der Waals surface area contributed by atoms with E-state index in [1.165, 1.54) is 34.6 Å². The van der Waals surface area contributed by atoms with Crippen molar-refractivity contribution in [2.75, 3.05) is 27.8 Å². The van der Waals surface area contributed by atoms with Gasteiger partial charge in [0.25, 0.3) is 16.8 Å². The second-order valence-electron chi connectivity index (χ2n) is 16.8. The summed E-state index contributed by atoms with van der Waals surface area (Å²) in [5, 5.41) is 9.61. The van der Waals surface area contributed by atoms with Crippen molar-refractivity contribution in [3.8, 4) is 0 Å². The number of aliphatic hydroxyl groups is 1. The zero-order valence-electron chi connectivity index (χ0n) is 35.7. The summed E-state index contributed by atoms with van der Waals surface area (Å²) < 4.78 is 275. The van der Waals surface area contributed by atoms with Crippen molar-refractivity contribution in [2.24, 2.45) is 28.6 Å². The van der Waals surface area contributed by atoms with Gasteiger partial charge in [-0.1, -0.05) is 20.3 Å². The van der Waals surface area contributed by atoms with E-state index >= 15 is 0 Å². The Morgan fingerprint density at radius 2 is 0.844 bits per heavy atom. The monoisotopic (exact) mass is 982 g/mol. The van der Waals surface area contributed by atoms with Crippen LogP contribution in [-0.2, 0) is 38.0 Å². The third-order valence-corrected chi connectivity index (χ3v) is 11.8. The van der Waals surface area contributed by atoms with Crippen molar-refractivity contribution in [1.29, 1.82) is 0 Å². The summed E-state index contributed by atoms with van der Waals surface area (Å²) in [5.74, 6) is -10.7. The highest BCUT2D eigenvalue weighted by Crippen LogP contribution is 2.61. The number of ether oxygens (including phenoxy) is 6. The van der Waals surface area contributed by atoms with Gasteiger partial charge in [-0.2, -0.15) is 79.0 Å². The quantitative estimate of drug-likeness (QED) is 0.0974. The van der Waals surface area contributed by atoms with Crippen LogP contribution in [0.4, 0.5) is 79.0 Å². The van der Waals surface area contributed by atoms with Crippen molar-refractivity contribution in [3.63, 3.8) is 0 Å². The number of alkyl halides is 18. The number of carbonyl (C=O) groups is 2. The number of rotatable bonds is 15. The number of methoxy groups -OCH3 is 2. The van der Waals surface area contributed by atoms with E-state index in [1.54, 1.807) is 6.92 Å². The second-order valence-corrected chi connectivity index (χ2v) is 16.8. The molecule has 2 fully saturated rings. The molecule has 64 heavy (non-hydrogen) atoms. The molecule has 2 rings (SSSR count). The van der Waals surface area contributed by atoms with Gasteiger partial charge in [-0.05, 0) is 79.1 Å².